The Morgan fingerprint density at radius 2 is 1.58 bits per heavy atom. The minimum atomic E-state index is -2.76. The minimum Gasteiger partial charge on any atom is -0.207 e. The molecule has 100 valence electrons. The summed E-state index contributed by atoms with van der Waals surface area (Å²) in [5, 5.41) is 0.404. The van der Waals surface area contributed by atoms with Gasteiger partial charge in [0.15, 0.2) is 0 Å². The molecule has 19 heavy (non-hydrogen) atoms. The van der Waals surface area contributed by atoms with Crippen LogP contribution in [-0.2, 0) is 0 Å². The Morgan fingerprint density at radius 1 is 0.895 bits per heavy atom. The van der Waals surface area contributed by atoms with Crippen LogP contribution in [-0.4, -0.2) is 0 Å². The van der Waals surface area contributed by atoms with Gasteiger partial charge in [0.05, 0.1) is 10.0 Å². The van der Waals surface area contributed by atoms with Gasteiger partial charge in [-0.05, 0) is 35.9 Å². The van der Waals surface area contributed by atoms with E-state index < -0.39 is 12.2 Å². The lowest BCUT2D eigenvalue weighted by molar-refractivity contribution is 0.152. The van der Waals surface area contributed by atoms with Gasteiger partial charge in [-0.15, -0.1) is 0 Å². The van der Waals surface area contributed by atoms with E-state index >= 15 is 0 Å². The molecule has 0 heterocycles. The molecule has 0 nitrogen and oxygen atoms in total. The molecule has 0 saturated heterocycles. The van der Waals surface area contributed by atoms with Crippen LogP contribution in [0.1, 0.15) is 12.0 Å². The van der Waals surface area contributed by atoms with E-state index in [2.05, 4.69) is 0 Å². The van der Waals surface area contributed by atoms with Crippen LogP contribution in [0.3, 0.4) is 0 Å². The van der Waals surface area contributed by atoms with Crippen LogP contribution in [0, 0.1) is 5.82 Å². The van der Waals surface area contributed by atoms with Crippen molar-refractivity contribution >= 4 is 34.8 Å². The summed E-state index contributed by atoms with van der Waals surface area (Å²) in [7, 11) is 0. The van der Waals surface area contributed by atoms with Crippen molar-refractivity contribution in [3.05, 3.63) is 56.8 Å². The standard InChI is InChI=1S/C13H6Cl3F3/c14-6-3-10(12(16)11(15)4-6)9-5-7(17)1-2-8(9)13(18)19/h1-5,13H. The van der Waals surface area contributed by atoms with E-state index in [1.165, 1.54) is 12.1 Å². The van der Waals surface area contributed by atoms with Crippen molar-refractivity contribution in [2.45, 2.75) is 6.43 Å². The third-order valence-corrected chi connectivity index (χ3v) is 3.55. The van der Waals surface area contributed by atoms with Crippen molar-refractivity contribution in [1.82, 2.24) is 0 Å². The largest absolute Gasteiger partial charge is 0.264 e. The van der Waals surface area contributed by atoms with E-state index in [4.69, 9.17) is 34.8 Å². The number of halogens is 6. The molecule has 0 amide bonds. The lowest BCUT2D eigenvalue weighted by atomic mass is 9.99. The molecule has 2 aromatic carbocycles. The molecular weight excluding hydrogens is 319 g/mol. The number of hydrogen-bond donors (Lipinski definition) is 0. The Balaban J connectivity index is 2.74. The van der Waals surface area contributed by atoms with Crippen LogP contribution >= 0.6 is 34.8 Å². The van der Waals surface area contributed by atoms with Gasteiger partial charge in [0, 0.05) is 16.1 Å². The first-order chi connectivity index (χ1) is 8.90. The first-order valence-electron chi connectivity index (χ1n) is 5.12. The van der Waals surface area contributed by atoms with Crippen molar-refractivity contribution in [2.24, 2.45) is 0 Å². The van der Waals surface area contributed by atoms with Gasteiger partial charge >= 0.3 is 0 Å². The minimum absolute atomic E-state index is 0.0237. The van der Waals surface area contributed by atoms with Gasteiger partial charge in [0.25, 0.3) is 6.43 Å². The maximum Gasteiger partial charge on any atom is 0.264 e. The first kappa shape index (κ1) is 14.5. The summed E-state index contributed by atoms with van der Waals surface area (Å²) in [5.74, 6) is -0.647. The Kier molecular flexibility index (Phi) is 4.29. The number of rotatable bonds is 2. The molecule has 2 rings (SSSR count). The summed E-state index contributed by atoms with van der Waals surface area (Å²) in [6, 6.07) is 5.72. The molecule has 0 bridgehead atoms. The van der Waals surface area contributed by atoms with Crippen molar-refractivity contribution in [1.29, 1.82) is 0 Å². The highest BCUT2D eigenvalue weighted by Crippen LogP contribution is 2.40. The van der Waals surface area contributed by atoms with E-state index in [0.29, 0.717) is 0 Å². The summed E-state index contributed by atoms with van der Waals surface area (Å²) in [5.41, 5.74) is -0.181. The Labute approximate surface area is 122 Å². The zero-order valence-electron chi connectivity index (χ0n) is 9.23. The lowest BCUT2D eigenvalue weighted by Gasteiger charge is -2.12. The van der Waals surface area contributed by atoms with Crippen molar-refractivity contribution in [2.75, 3.05) is 0 Å². The third-order valence-electron chi connectivity index (χ3n) is 2.53. The second-order valence-corrected chi connectivity index (χ2v) is 5.00. The van der Waals surface area contributed by atoms with Crippen LogP contribution in [0.25, 0.3) is 11.1 Å². The Bertz CT molecular complexity index is 627. The lowest BCUT2D eigenvalue weighted by Crippen LogP contribution is -1.93. The van der Waals surface area contributed by atoms with E-state index in [9.17, 15) is 13.2 Å². The molecule has 0 unspecified atom stereocenters. The zero-order valence-corrected chi connectivity index (χ0v) is 11.5. The van der Waals surface area contributed by atoms with E-state index in [1.54, 1.807) is 0 Å². The normalized spacial score (nSPS) is 11.1. The molecule has 0 fully saturated rings. The van der Waals surface area contributed by atoms with Crippen molar-refractivity contribution < 1.29 is 13.2 Å². The fourth-order valence-corrected chi connectivity index (χ4v) is 2.41. The molecule has 0 aliphatic rings. The Hall–Kier alpha value is -0.900. The topological polar surface area (TPSA) is 0 Å². The number of hydrogen-bond acceptors (Lipinski definition) is 0. The first-order valence-corrected chi connectivity index (χ1v) is 6.26. The van der Waals surface area contributed by atoms with Gasteiger partial charge in [-0.2, -0.15) is 0 Å². The predicted molar refractivity (Wildman–Crippen MR) is 71.8 cm³/mol. The van der Waals surface area contributed by atoms with Crippen LogP contribution in [0.5, 0.6) is 0 Å². The van der Waals surface area contributed by atoms with Crippen LogP contribution in [0.15, 0.2) is 30.3 Å². The van der Waals surface area contributed by atoms with Gasteiger partial charge in [-0.3, -0.25) is 0 Å². The molecule has 0 N–H and O–H groups in total. The molecule has 0 aliphatic carbocycles. The maximum atomic E-state index is 13.3. The highest BCUT2D eigenvalue weighted by Gasteiger charge is 2.18. The predicted octanol–water partition coefficient (Wildman–Crippen LogP) is 6.39. The molecule has 2 aromatic rings. The van der Waals surface area contributed by atoms with Gasteiger partial charge in [-0.25, -0.2) is 13.2 Å². The Morgan fingerprint density at radius 3 is 2.21 bits per heavy atom. The van der Waals surface area contributed by atoms with E-state index in [1.807, 2.05) is 0 Å². The summed E-state index contributed by atoms with van der Waals surface area (Å²) in [6.07, 6.45) is -2.76. The molecule has 0 saturated carbocycles. The SMILES string of the molecule is Fc1ccc(C(F)F)c(-c2cc(Cl)cc(Cl)c2Cl)c1. The second kappa shape index (κ2) is 5.61. The zero-order chi connectivity index (χ0) is 14.2. The second-order valence-electron chi connectivity index (χ2n) is 3.78. The van der Waals surface area contributed by atoms with E-state index in [0.717, 1.165) is 18.2 Å². The monoisotopic (exact) mass is 324 g/mol. The van der Waals surface area contributed by atoms with E-state index in [-0.39, 0.29) is 31.8 Å². The summed E-state index contributed by atoms with van der Waals surface area (Å²) < 4.78 is 39.2. The highest BCUT2D eigenvalue weighted by atomic mass is 35.5. The molecular formula is C13H6Cl3F3. The molecule has 0 radical (unpaired) electrons. The average molecular weight is 326 g/mol. The van der Waals surface area contributed by atoms with Gasteiger partial charge in [0.1, 0.15) is 5.82 Å². The quantitative estimate of drug-likeness (QED) is 0.561. The van der Waals surface area contributed by atoms with Gasteiger partial charge in [-0.1, -0.05) is 34.8 Å². The molecule has 0 spiro atoms. The maximum absolute atomic E-state index is 13.3. The molecule has 6 heteroatoms. The molecule has 0 aromatic heterocycles. The van der Waals surface area contributed by atoms with Gasteiger partial charge in [0.2, 0.25) is 0 Å². The van der Waals surface area contributed by atoms with Gasteiger partial charge < -0.3 is 0 Å². The fraction of sp³-hybridized carbons (Fsp3) is 0.0769. The number of alkyl halides is 2. The van der Waals surface area contributed by atoms with Crippen molar-refractivity contribution in [3.8, 4) is 11.1 Å². The third kappa shape index (κ3) is 2.99. The summed E-state index contributed by atoms with van der Waals surface area (Å²) in [6.45, 7) is 0. The average Bonchev–Trinajstić information content (AvgIpc) is 2.33. The van der Waals surface area contributed by atoms with Crippen molar-refractivity contribution in [3.63, 3.8) is 0 Å². The summed E-state index contributed by atoms with van der Waals surface area (Å²) >= 11 is 17.6. The summed E-state index contributed by atoms with van der Waals surface area (Å²) in [4.78, 5) is 0. The van der Waals surface area contributed by atoms with Crippen LogP contribution in [0.2, 0.25) is 15.1 Å². The molecule has 0 aliphatic heterocycles. The molecule has 0 atom stereocenters. The van der Waals surface area contributed by atoms with Crippen LogP contribution in [0.4, 0.5) is 13.2 Å². The van der Waals surface area contributed by atoms with Crippen LogP contribution < -0.4 is 0 Å². The fourth-order valence-electron chi connectivity index (χ4n) is 1.70. The highest BCUT2D eigenvalue weighted by molar-refractivity contribution is 6.45. The smallest absolute Gasteiger partial charge is 0.207 e. The number of benzene rings is 2.